The predicted octanol–water partition coefficient (Wildman–Crippen LogP) is 9.64. The van der Waals surface area contributed by atoms with Crippen molar-refractivity contribution < 1.29 is 23.5 Å². The first kappa shape index (κ1) is 39.8. The number of Topliss-reactive ketones (excluding diaryl/α,β-unsaturated/α-hetero) is 1. The number of hydrogen-bond acceptors (Lipinski definition) is 4. The van der Waals surface area contributed by atoms with Crippen molar-refractivity contribution in [2.45, 2.75) is 163 Å². The summed E-state index contributed by atoms with van der Waals surface area (Å²) in [7, 11) is -4.53. The van der Waals surface area contributed by atoms with E-state index in [-0.39, 0.29) is 34.3 Å². The lowest BCUT2D eigenvalue weighted by Crippen LogP contribution is -2.54. The quantitative estimate of drug-likeness (QED) is 0.0770. The predicted molar refractivity (Wildman–Crippen MR) is 179 cm³/mol. The molecule has 0 rings (SSSR count). The van der Waals surface area contributed by atoms with E-state index < -0.39 is 40.0 Å². The molecule has 0 bridgehead atoms. The minimum atomic E-state index is -2.33. The summed E-state index contributed by atoms with van der Waals surface area (Å²) in [4.78, 5) is 26.4. The fourth-order valence-corrected chi connectivity index (χ4v) is 7.54. The van der Waals surface area contributed by atoms with Gasteiger partial charge in [-0.25, -0.2) is 0 Å². The molecular formula is C34H64O5Si2. The topological polar surface area (TPSA) is 72.8 Å². The number of aliphatic carboxylic acids is 1. The number of allylic oxidation sites excluding steroid dienone is 2. The second-order valence-electron chi connectivity index (χ2n) is 15.8. The summed E-state index contributed by atoms with van der Waals surface area (Å²) >= 11 is 0. The van der Waals surface area contributed by atoms with Crippen molar-refractivity contribution in [2.75, 3.05) is 0 Å². The Hall–Kier alpha value is -1.21. The molecule has 5 nitrogen and oxygen atoms in total. The summed E-state index contributed by atoms with van der Waals surface area (Å²) in [5, 5.41) is 9.70. The van der Waals surface area contributed by atoms with E-state index in [1.165, 1.54) is 5.57 Å². The van der Waals surface area contributed by atoms with E-state index in [1.54, 1.807) is 0 Å². The van der Waals surface area contributed by atoms with Gasteiger partial charge in [0, 0.05) is 17.8 Å². The molecule has 0 fully saturated rings. The number of carboxylic acids is 1. The lowest BCUT2D eigenvalue weighted by atomic mass is 9.73. The second kappa shape index (κ2) is 15.5. The monoisotopic (exact) mass is 608 g/mol. The van der Waals surface area contributed by atoms with Crippen LogP contribution in [0.15, 0.2) is 11.6 Å². The molecule has 0 radical (unpaired) electrons. The van der Waals surface area contributed by atoms with Crippen LogP contribution in [0.25, 0.3) is 0 Å². The maximum absolute atomic E-state index is 14.4. The first-order valence-electron chi connectivity index (χ1n) is 15.5. The summed E-state index contributed by atoms with van der Waals surface area (Å²) in [6.45, 7) is 31.8. The van der Waals surface area contributed by atoms with Crippen LogP contribution in [0.4, 0.5) is 0 Å². The van der Waals surface area contributed by atoms with Crippen molar-refractivity contribution in [3.05, 3.63) is 11.6 Å². The Morgan fingerprint density at radius 3 is 1.85 bits per heavy atom. The standard InChI is InChI=1S/C34H64O5Si2/c1-17-18-19-21-25(2)22-20-23-26(3)30(39-41(15,16)33(8,9)10)27(4)31(37)34(11,12)28(24-29(35)36)38-40(13,14)32(5,6)7/h1,21,26-28,30H,18-20,22-24H2,2-16H3,(H,35,36)/b25-21-/t26-,27+,28-,30-/m0/s1. The zero-order valence-electron chi connectivity index (χ0n) is 29.3. The summed E-state index contributed by atoms with van der Waals surface area (Å²) in [6, 6.07) is 0. The summed E-state index contributed by atoms with van der Waals surface area (Å²) in [6.07, 6.45) is 11.1. The summed E-state index contributed by atoms with van der Waals surface area (Å²) in [5.41, 5.74) is 0.359. The van der Waals surface area contributed by atoms with Crippen LogP contribution in [0.3, 0.4) is 0 Å². The molecular weight excluding hydrogens is 545 g/mol. The molecule has 0 aliphatic heterocycles. The number of carboxylic acid groups (broad SMARTS) is 1. The van der Waals surface area contributed by atoms with Gasteiger partial charge < -0.3 is 14.0 Å². The fraction of sp³-hybridized carbons (Fsp3) is 0.824. The Kier molecular flexibility index (Phi) is 15.0. The van der Waals surface area contributed by atoms with Crippen LogP contribution >= 0.6 is 0 Å². The van der Waals surface area contributed by atoms with Crippen LogP contribution in [-0.2, 0) is 18.4 Å². The van der Waals surface area contributed by atoms with Crippen LogP contribution in [-0.4, -0.2) is 45.7 Å². The van der Waals surface area contributed by atoms with E-state index in [1.807, 2.05) is 20.8 Å². The van der Waals surface area contributed by atoms with E-state index in [0.29, 0.717) is 0 Å². The van der Waals surface area contributed by atoms with Gasteiger partial charge in [0.2, 0.25) is 0 Å². The van der Waals surface area contributed by atoms with Gasteiger partial charge in [-0.3, -0.25) is 9.59 Å². The van der Waals surface area contributed by atoms with E-state index in [9.17, 15) is 14.7 Å². The Labute approximate surface area is 255 Å². The highest BCUT2D eigenvalue weighted by Crippen LogP contribution is 2.44. The Morgan fingerprint density at radius 2 is 1.41 bits per heavy atom. The van der Waals surface area contributed by atoms with Gasteiger partial charge in [0.25, 0.3) is 0 Å². The largest absolute Gasteiger partial charge is 0.481 e. The van der Waals surface area contributed by atoms with Crippen molar-refractivity contribution in [3.8, 4) is 12.3 Å². The number of hydrogen-bond donors (Lipinski definition) is 1. The molecule has 0 aliphatic rings. The van der Waals surface area contributed by atoms with Crippen LogP contribution in [0.2, 0.25) is 36.3 Å². The fourth-order valence-electron chi connectivity index (χ4n) is 4.63. The van der Waals surface area contributed by atoms with E-state index in [2.05, 4.69) is 93.6 Å². The molecule has 0 heterocycles. The van der Waals surface area contributed by atoms with E-state index in [4.69, 9.17) is 15.3 Å². The number of rotatable bonds is 17. The zero-order chi connectivity index (χ0) is 32.6. The third-order valence-corrected chi connectivity index (χ3v) is 18.7. The van der Waals surface area contributed by atoms with Crippen molar-refractivity contribution in [3.63, 3.8) is 0 Å². The number of ketones is 1. The van der Waals surface area contributed by atoms with Gasteiger partial charge in [-0.15, -0.1) is 12.3 Å². The summed E-state index contributed by atoms with van der Waals surface area (Å²) < 4.78 is 13.7. The second-order valence-corrected chi connectivity index (χ2v) is 25.4. The number of unbranched alkanes of at least 4 members (excludes halogenated alkanes) is 1. The minimum absolute atomic E-state index is 0.00308. The van der Waals surface area contributed by atoms with Crippen molar-refractivity contribution in [1.29, 1.82) is 0 Å². The molecule has 238 valence electrons. The van der Waals surface area contributed by atoms with Gasteiger partial charge in [-0.1, -0.05) is 80.9 Å². The molecule has 0 spiro atoms. The molecule has 0 aromatic carbocycles. The van der Waals surface area contributed by atoms with Gasteiger partial charge in [0.05, 0.1) is 18.6 Å². The van der Waals surface area contributed by atoms with Gasteiger partial charge in [0.1, 0.15) is 5.78 Å². The summed E-state index contributed by atoms with van der Waals surface area (Å²) in [5.74, 6) is 1.52. The highest BCUT2D eigenvalue weighted by Gasteiger charge is 2.49. The van der Waals surface area contributed by atoms with Gasteiger partial charge >= 0.3 is 5.97 Å². The molecule has 0 unspecified atom stereocenters. The molecule has 0 amide bonds. The average Bonchev–Trinajstić information content (AvgIpc) is 2.79. The molecule has 1 N–H and O–H groups in total. The highest BCUT2D eigenvalue weighted by atomic mass is 28.4. The normalized spacial score (nSPS) is 17.0. The van der Waals surface area contributed by atoms with E-state index in [0.717, 1.165) is 32.1 Å². The Bertz CT molecular complexity index is 928. The molecule has 7 heteroatoms. The molecule has 41 heavy (non-hydrogen) atoms. The number of carbonyl (C=O) groups excluding carboxylic acids is 1. The highest BCUT2D eigenvalue weighted by molar-refractivity contribution is 6.74. The maximum Gasteiger partial charge on any atom is 0.305 e. The van der Waals surface area contributed by atoms with E-state index >= 15 is 0 Å². The number of terminal acetylenes is 1. The maximum atomic E-state index is 14.4. The van der Waals surface area contributed by atoms with Crippen LogP contribution in [0.1, 0.15) is 115 Å². The van der Waals surface area contributed by atoms with Crippen molar-refractivity contribution in [1.82, 2.24) is 0 Å². The smallest absolute Gasteiger partial charge is 0.305 e. The zero-order valence-corrected chi connectivity index (χ0v) is 31.3. The average molecular weight is 609 g/mol. The van der Waals surface area contributed by atoms with Gasteiger partial charge in [-0.2, -0.15) is 0 Å². The molecule has 0 aromatic rings. The van der Waals surface area contributed by atoms with Crippen LogP contribution in [0.5, 0.6) is 0 Å². The lowest BCUT2D eigenvalue weighted by molar-refractivity contribution is -0.146. The molecule has 0 aliphatic carbocycles. The third-order valence-electron chi connectivity index (χ3n) is 9.76. The molecule has 0 saturated heterocycles. The van der Waals surface area contributed by atoms with Crippen LogP contribution < -0.4 is 0 Å². The van der Waals surface area contributed by atoms with Gasteiger partial charge in [0.15, 0.2) is 16.6 Å². The Balaban J connectivity index is 6.26. The lowest BCUT2D eigenvalue weighted by Gasteiger charge is -2.46. The van der Waals surface area contributed by atoms with Crippen LogP contribution in [0, 0.1) is 29.6 Å². The van der Waals surface area contributed by atoms with Crippen molar-refractivity contribution in [2.24, 2.45) is 17.3 Å². The Morgan fingerprint density at radius 1 is 0.927 bits per heavy atom. The molecule has 0 aromatic heterocycles. The number of carbonyl (C=O) groups is 2. The SMILES string of the molecule is C#CCC/C=C(/C)CCC[C@H](C)[C@H](O[Si](C)(C)C(C)(C)C)[C@@H](C)C(=O)C(C)(C)[C@H](CC(=O)O)O[Si](C)(C)C(C)(C)C. The van der Waals surface area contributed by atoms with Gasteiger partial charge in [-0.05, 0) is 74.8 Å². The minimum Gasteiger partial charge on any atom is -0.481 e. The first-order valence-corrected chi connectivity index (χ1v) is 21.3. The third kappa shape index (κ3) is 12.1. The molecule has 0 saturated carbocycles. The first-order chi connectivity index (χ1) is 18.3. The van der Waals surface area contributed by atoms with Crippen molar-refractivity contribution >= 4 is 28.4 Å². The molecule has 4 atom stereocenters.